The van der Waals surface area contributed by atoms with Gasteiger partial charge in [-0.05, 0) is 24.3 Å². The summed E-state index contributed by atoms with van der Waals surface area (Å²) in [5, 5.41) is 0. The van der Waals surface area contributed by atoms with E-state index in [0.717, 1.165) is 9.77 Å². The molecule has 0 unspecified atom stereocenters. The van der Waals surface area contributed by atoms with Crippen molar-refractivity contribution in [3.8, 4) is 0 Å². The largest absolute Gasteiger partial charge is 0.132 e. The summed E-state index contributed by atoms with van der Waals surface area (Å²) >= 11 is 9.86. The van der Waals surface area contributed by atoms with Crippen molar-refractivity contribution in [3.63, 3.8) is 0 Å². The van der Waals surface area contributed by atoms with Gasteiger partial charge in [-0.3, -0.25) is 0 Å². The number of rotatable bonds is 36. The van der Waals surface area contributed by atoms with Crippen LogP contribution in [0.1, 0.15) is 232 Å². The summed E-state index contributed by atoms with van der Waals surface area (Å²) in [7, 11) is 0. The third kappa shape index (κ3) is 31.6. The van der Waals surface area contributed by atoms with Crippen LogP contribution >= 0.6 is 24.8 Å². The molecule has 0 heterocycles. The highest BCUT2D eigenvalue weighted by Crippen LogP contribution is 2.27. The lowest BCUT2D eigenvalue weighted by Gasteiger charge is -2.19. The fourth-order valence-corrected chi connectivity index (χ4v) is 6.89. The molecule has 0 rings (SSSR count). The van der Waals surface area contributed by atoms with Crippen molar-refractivity contribution < 1.29 is 0 Å². The molecule has 250 valence electrons. The molecule has 0 atom stereocenters. The molecule has 0 fully saturated rings. The van der Waals surface area contributed by atoms with E-state index in [1.54, 1.807) is 0 Å². The first-order chi connectivity index (χ1) is 20.6. The molecular formula is C40H78S2. The van der Waals surface area contributed by atoms with Gasteiger partial charge < -0.3 is 0 Å². The maximum Gasteiger partial charge on any atom is 0.0704 e. The molecule has 0 saturated heterocycles. The monoisotopic (exact) mass is 623 g/mol. The summed E-state index contributed by atoms with van der Waals surface area (Å²) in [4.78, 5) is 0. The molecule has 2 heteroatoms. The molecule has 0 saturated carbocycles. The van der Waals surface area contributed by atoms with Crippen LogP contribution in [0.4, 0.5) is 0 Å². The average Bonchev–Trinajstić information content (AvgIpc) is 2.99. The summed E-state index contributed by atoms with van der Waals surface area (Å²) in [6.07, 6.45) is 48.3. The van der Waals surface area contributed by atoms with E-state index < -0.39 is 0 Å². The molecule has 0 aromatic carbocycles. The minimum absolute atomic E-state index is 0.563. The molecule has 0 aromatic heterocycles. The lowest BCUT2D eigenvalue weighted by Crippen LogP contribution is -2.08. The van der Waals surface area contributed by atoms with Gasteiger partial charge in [-0.1, -0.05) is 238 Å². The molecule has 0 aliphatic carbocycles. The van der Waals surface area contributed by atoms with Crippen LogP contribution < -0.4 is 0 Å². The fraction of sp³-hybridized carbons (Fsp3) is 0.925. The molecule has 0 radical (unpaired) electrons. The molecule has 42 heavy (non-hydrogen) atoms. The van der Waals surface area contributed by atoms with Crippen LogP contribution in [0.15, 0.2) is 12.2 Å². The van der Waals surface area contributed by atoms with E-state index in [0.29, 0.717) is 5.92 Å². The van der Waals surface area contributed by atoms with Gasteiger partial charge in [0.2, 0.25) is 0 Å². The second-order valence-electron chi connectivity index (χ2n) is 13.7. The number of thiol groups is 1. The zero-order chi connectivity index (χ0) is 30.8. The van der Waals surface area contributed by atoms with Gasteiger partial charge in [0.15, 0.2) is 0 Å². The number of hydrogen-bond acceptors (Lipinski definition) is 1. The maximum atomic E-state index is 5.39. The lowest BCUT2D eigenvalue weighted by atomic mass is 9.89. The normalized spacial score (nSPS) is 11.5. The van der Waals surface area contributed by atoms with Crippen molar-refractivity contribution in [2.45, 2.75) is 232 Å². The van der Waals surface area contributed by atoms with Gasteiger partial charge in [0, 0.05) is 0 Å². The van der Waals surface area contributed by atoms with Crippen molar-refractivity contribution >= 4 is 29.0 Å². The smallest absolute Gasteiger partial charge is 0.0704 e. The van der Waals surface area contributed by atoms with Gasteiger partial charge in [0.1, 0.15) is 0 Å². The van der Waals surface area contributed by atoms with Crippen molar-refractivity contribution in [1.29, 1.82) is 0 Å². The van der Waals surface area contributed by atoms with Gasteiger partial charge in [0.25, 0.3) is 0 Å². The van der Waals surface area contributed by atoms with E-state index in [4.69, 9.17) is 12.2 Å². The van der Waals surface area contributed by atoms with Crippen LogP contribution in [0.5, 0.6) is 0 Å². The number of unbranched alkanes of at least 4 members (excludes halogenated alkanes) is 30. The molecule has 0 amide bonds. The molecule has 0 N–H and O–H groups in total. The zero-order valence-corrected chi connectivity index (χ0v) is 30.9. The van der Waals surface area contributed by atoms with E-state index in [-0.39, 0.29) is 0 Å². The van der Waals surface area contributed by atoms with Crippen molar-refractivity contribution in [2.24, 2.45) is 5.92 Å². The molecule has 0 aliphatic rings. The highest BCUT2D eigenvalue weighted by atomic mass is 32.1. The van der Waals surface area contributed by atoms with Crippen LogP contribution in [0.2, 0.25) is 0 Å². The Hall–Kier alpha value is 0.180. The van der Waals surface area contributed by atoms with Gasteiger partial charge in [0.05, 0.1) is 4.20 Å². The summed E-state index contributed by atoms with van der Waals surface area (Å²) < 4.78 is 0.744. The first-order valence-corrected chi connectivity index (χ1v) is 20.4. The number of thiocarbonyl (C=S) groups is 1. The molecular weight excluding hydrogens is 545 g/mol. The SMILES string of the molecule is C=C(C(=S)S)C(CCCCCCCCCCCCCCCCCC)CCCCCCCCCCCCCCCCCC. The van der Waals surface area contributed by atoms with Crippen LogP contribution in [0.25, 0.3) is 0 Å². The molecule has 0 aliphatic heterocycles. The first-order valence-electron chi connectivity index (χ1n) is 19.6. The minimum atomic E-state index is 0.563. The van der Waals surface area contributed by atoms with Gasteiger partial charge in [-0.15, -0.1) is 12.6 Å². The van der Waals surface area contributed by atoms with Crippen molar-refractivity contribution in [1.82, 2.24) is 0 Å². The highest BCUT2D eigenvalue weighted by molar-refractivity contribution is 8.11. The molecule has 0 bridgehead atoms. The van der Waals surface area contributed by atoms with E-state index in [1.165, 1.54) is 218 Å². The Morgan fingerprint density at radius 2 is 0.595 bits per heavy atom. The van der Waals surface area contributed by atoms with Gasteiger partial charge >= 0.3 is 0 Å². The molecule has 0 aromatic rings. The third-order valence-corrected chi connectivity index (χ3v) is 10.1. The van der Waals surface area contributed by atoms with Crippen LogP contribution in [-0.4, -0.2) is 4.20 Å². The van der Waals surface area contributed by atoms with E-state index >= 15 is 0 Å². The second kappa shape index (κ2) is 35.7. The third-order valence-electron chi connectivity index (χ3n) is 9.58. The molecule has 0 nitrogen and oxygen atoms in total. The van der Waals surface area contributed by atoms with Crippen molar-refractivity contribution in [3.05, 3.63) is 12.2 Å². The Kier molecular flexibility index (Phi) is 35.8. The van der Waals surface area contributed by atoms with E-state index in [1.807, 2.05) is 0 Å². The minimum Gasteiger partial charge on any atom is -0.132 e. The maximum absolute atomic E-state index is 5.39. The summed E-state index contributed by atoms with van der Waals surface area (Å²) in [5.41, 5.74) is 1.13. The Labute approximate surface area is 278 Å². The summed E-state index contributed by atoms with van der Waals surface area (Å²) in [6.45, 7) is 8.93. The zero-order valence-electron chi connectivity index (χ0n) is 29.2. The van der Waals surface area contributed by atoms with E-state index in [9.17, 15) is 0 Å². The predicted molar refractivity (Wildman–Crippen MR) is 203 cm³/mol. The molecule has 0 spiro atoms. The Bertz CT molecular complexity index is 518. The standard InChI is InChI=1S/C40H78S2/c1-4-6-8-10-12-14-16-18-20-22-24-26-28-30-32-34-36-39(38(3)40(41)42)37-35-33-31-29-27-25-23-21-19-17-15-13-11-9-7-5-2/h39H,3-37H2,1-2H3,(H,41,42). The second-order valence-corrected chi connectivity index (χ2v) is 14.9. The quantitative estimate of drug-likeness (QED) is 0.0314. The van der Waals surface area contributed by atoms with Gasteiger partial charge in [-0.25, -0.2) is 0 Å². The predicted octanol–water partition coefficient (Wildman–Crippen LogP) is 15.7. The van der Waals surface area contributed by atoms with E-state index in [2.05, 4.69) is 33.1 Å². The van der Waals surface area contributed by atoms with Crippen LogP contribution in [-0.2, 0) is 0 Å². The van der Waals surface area contributed by atoms with Gasteiger partial charge in [-0.2, -0.15) is 0 Å². The summed E-state index contributed by atoms with van der Waals surface area (Å²) in [5.74, 6) is 0.563. The fourth-order valence-electron chi connectivity index (χ4n) is 6.55. The first kappa shape index (κ1) is 42.2. The average molecular weight is 623 g/mol. The van der Waals surface area contributed by atoms with Crippen molar-refractivity contribution in [2.75, 3.05) is 0 Å². The summed E-state index contributed by atoms with van der Waals surface area (Å²) in [6, 6.07) is 0. The Morgan fingerprint density at radius 1 is 0.405 bits per heavy atom. The van der Waals surface area contributed by atoms with Crippen LogP contribution in [0, 0.1) is 5.92 Å². The Morgan fingerprint density at radius 3 is 0.786 bits per heavy atom. The number of hydrogen-bond donors (Lipinski definition) is 1. The lowest BCUT2D eigenvalue weighted by molar-refractivity contribution is 0.455. The Balaban J connectivity index is 3.59. The van der Waals surface area contributed by atoms with Crippen LogP contribution in [0.3, 0.4) is 0 Å². The topological polar surface area (TPSA) is 0 Å². The highest BCUT2D eigenvalue weighted by Gasteiger charge is 2.14.